The van der Waals surface area contributed by atoms with E-state index >= 15 is 0 Å². The molecule has 2 N–H and O–H groups in total. The summed E-state index contributed by atoms with van der Waals surface area (Å²) in [7, 11) is 0. The lowest BCUT2D eigenvalue weighted by atomic mass is 10.1. The second-order valence-corrected chi connectivity index (χ2v) is 5.11. The van der Waals surface area contributed by atoms with E-state index < -0.39 is 6.10 Å². The highest BCUT2D eigenvalue weighted by molar-refractivity contribution is 5.29. The molecule has 1 rings (SSSR count). The largest absolute Gasteiger partial charge is 0.488 e. The van der Waals surface area contributed by atoms with Gasteiger partial charge < -0.3 is 15.2 Å². The zero-order valence-electron chi connectivity index (χ0n) is 11.2. The number of aliphatic hydroxyl groups excluding tert-OH is 1. The summed E-state index contributed by atoms with van der Waals surface area (Å²) < 4.78 is 5.72. The first kappa shape index (κ1) is 14.0. The molecule has 96 valence electrons. The average Bonchev–Trinajstić information content (AvgIpc) is 2.24. The SMILES string of the molecule is CCNCC(O)c1ccc(OC(C)(C)C)cc1. The normalized spacial score (nSPS) is 13.5. The lowest BCUT2D eigenvalue weighted by Gasteiger charge is -2.21. The fourth-order valence-corrected chi connectivity index (χ4v) is 1.51. The maximum atomic E-state index is 9.87. The highest BCUT2D eigenvalue weighted by Crippen LogP contribution is 2.21. The Labute approximate surface area is 104 Å². The van der Waals surface area contributed by atoms with Gasteiger partial charge in [0.25, 0.3) is 0 Å². The van der Waals surface area contributed by atoms with E-state index in [1.165, 1.54) is 0 Å². The molecule has 1 aromatic rings. The predicted molar refractivity (Wildman–Crippen MR) is 70.3 cm³/mol. The number of benzene rings is 1. The average molecular weight is 237 g/mol. The molecule has 0 bridgehead atoms. The molecule has 1 aromatic carbocycles. The second-order valence-electron chi connectivity index (χ2n) is 5.11. The Bertz CT molecular complexity index is 327. The summed E-state index contributed by atoms with van der Waals surface area (Å²) in [4.78, 5) is 0. The van der Waals surface area contributed by atoms with Gasteiger partial charge >= 0.3 is 0 Å². The Morgan fingerprint density at radius 3 is 2.29 bits per heavy atom. The molecule has 1 atom stereocenters. The molecule has 0 aromatic heterocycles. The zero-order chi connectivity index (χ0) is 12.9. The molecular formula is C14H23NO2. The van der Waals surface area contributed by atoms with Crippen LogP contribution >= 0.6 is 0 Å². The summed E-state index contributed by atoms with van der Waals surface area (Å²) in [6.07, 6.45) is -0.460. The van der Waals surface area contributed by atoms with Gasteiger partial charge in [0.15, 0.2) is 0 Å². The van der Waals surface area contributed by atoms with Gasteiger partial charge in [-0.3, -0.25) is 0 Å². The fraction of sp³-hybridized carbons (Fsp3) is 0.571. The van der Waals surface area contributed by atoms with Crippen molar-refractivity contribution in [2.75, 3.05) is 13.1 Å². The van der Waals surface area contributed by atoms with E-state index in [4.69, 9.17) is 4.74 Å². The summed E-state index contributed by atoms with van der Waals surface area (Å²) in [6.45, 7) is 9.51. The molecule has 0 aliphatic heterocycles. The standard InChI is InChI=1S/C14H23NO2/c1-5-15-10-13(16)11-6-8-12(9-7-11)17-14(2,3)4/h6-9,13,15-16H,5,10H2,1-4H3. The third-order valence-electron chi connectivity index (χ3n) is 2.28. The van der Waals surface area contributed by atoms with Crippen LogP contribution in [-0.4, -0.2) is 23.8 Å². The molecule has 0 amide bonds. The van der Waals surface area contributed by atoms with E-state index in [1.54, 1.807) is 0 Å². The van der Waals surface area contributed by atoms with Crippen molar-refractivity contribution in [3.63, 3.8) is 0 Å². The lowest BCUT2D eigenvalue weighted by Crippen LogP contribution is -2.23. The Morgan fingerprint density at radius 2 is 1.82 bits per heavy atom. The summed E-state index contributed by atoms with van der Waals surface area (Å²) in [5.41, 5.74) is 0.719. The Kier molecular flexibility index (Phi) is 4.97. The molecule has 0 heterocycles. The summed E-state index contributed by atoms with van der Waals surface area (Å²) in [5, 5.41) is 13.0. The molecule has 0 aliphatic carbocycles. The number of rotatable bonds is 5. The van der Waals surface area contributed by atoms with Gasteiger partial charge in [0.1, 0.15) is 11.4 Å². The zero-order valence-corrected chi connectivity index (χ0v) is 11.2. The van der Waals surface area contributed by atoms with Crippen molar-refractivity contribution >= 4 is 0 Å². The maximum absolute atomic E-state index is 9.87. The van der Waals surface area contributed by atoms with Crippen LogP contribution in [0.3, 0.4) is 0 Å². The minimum atomic E-state index is -0.460. The van der Waals surface area contributed by atoms with E-state index in [0.29, 0.717) is 6.54 Å². The molecule has 3 heteroatoms. The number of aliphatic hydroxyl groups is 1. The molecule has 0 aliphatic rings. The van der Waals surface area contributed by atoms with Gasteiger partial charge in [-0.05, 0) is 45.0 Å². The molecule has 0 fully saturated rings. The van der Waals surface area contributed by atoms with Gasteiger partial charge in [0, 0.05) is 6.54 Å². The Morgan fingerprint density at radius 1 is 1.24 bits per heavy atom. The fourth-order valence-electron chi connectivity index (χ4n) is 1.51. The van der Waals surface area contributed by atoms with E-state index in [-0.39, 0.29) is 5.60 Å². The van der Waals surface area contributed by atoms with Crippen LogP contribution in [-0.2, 0) is 0 Å². The van der Waals surface area contributed by atoms with Crippen molar-refractivity contribution in [2.45, 2.75) is 39.4 Å². The highest BCUT2D eigenvalue weighted by Gasteiger charge is 2.12. The van der Waals surface area contributed by atoms with Crippen molar-refractivity contribution < 1.29 is 9.84 Å². The quantitative estimate of drug-likeness (QED) is 0.826. The van der Waals surface area contributed by atoms with Crippen LogP contribution in [0.2, 0.25) is 0 Å². The van der Waals surface area contributed by atoms with Gasteiger partial charge in [-0.1, -0.05) is 19.1 Å². The van der Waals surface area contributed by atoms with Gasteiger partial charge in [-0.15, -0.1) is 0 Å². The van der Waals surface area contributed by atoms with Crippen LogP contribution in [0, 0.1) is 0 Å². The number of likely N-dealkylation sites (N-methyl/N-ethyl adjacent to an activating group) is 1. The minimum Gasteiger partial charge on any atom is -0.488 e. The number of nitrogens with one attached hydrogen (secondary N) is 1. The van der Waals surface area contributed by atoms with Crippen molar-refractivity contribution in [3.05, 3.63) is 29.8 Å². The smallest absolute Gasteiger partial charge is 0.120 e. The van der Waals surface area contributed by atoms with E-state index in [0.717, 1.165) is 17.9 Å². The third-order valence-corrected chi connectivity index (χ3v) is 2.28. The van der Waals surface area contributed by atoms with Crippen LogP contribution in [0.15, 0.2) is 24.3 Å². The van der Waals surface area contributed by atoms with Crippen LogP contribution < -0.4 is 10.1 Å². The lowest BCUT2D eigenvalue weighted by molar-refractivity contribution is 0.130. The van der Waals surface area contributed by atoms with Crippen molar-refractivity contribution in [1.29, 1.82) is 0 Å². The van der Waals surface area contributed by atoms with E-state index in [2.05, 4.69) is 5.32 Å². The first-order valence-corrected chi connectivity index (χ1v) is 6.10. The third kappa shape index (κ3) is 5.20. The molecule has 3 nitrogen and oxygen atoms in total. The maximum Gasteiger partial charge on any atom is 0.120 e. The van der Waals surface area contributed by atoms with E-state index in [9.17, 15) is 5.11 Å². The summed E-state index contributed by atoms with van der Waals surface area (Å²) in [5.74, 6) is 0.830. The minimum absolute atomic E-state index is 0.191. The number of hydrogen-bond acceptors (Lipinski definition) is 3. The van der Waals surface area contributed by atoms with Crippen molar-refractivity contribution in [1.82, 2.24) is 5.32 Å². The molecule has 0 saturated carbocycles. The van der Waals surface area contributed by atoms with Gasteiger partial charge in [0.05, 0.1) is 6.10 Å². The molecule has 1 unspecified atom stereocenters. The summed E-state index contributed by atoms with van der Waals surface area (Å²) in [6, 6.07) is 7.61. The molecule has 17 heavy (non-hydrogen) atoms. The predicted octanol–water partition coefficient (Wildman–Crippen LogP) is 2.51. The molecule has 0 spiro atoms. The number of hydrogen-bond donors (Lipinski definition) is 2. The van der Waals surface area contributed by atoms with Gasteiger partial charge in [-0.25, -0.2) is 0 Å². The molecule has 0 saturated heterocycles. The molecule has 0 radical (unpaired) electrons. The second kappa shape index (κ2) is 6.03. The van der Waals surface area contributed by atoms with Crippen LogP contribution in [0.4, 0.5) is 0 Å². The van der Waals surface area contributed by atoms with Crippen molar-refractivity contribution in [2.24, 2.45) is 0 Å². The van der Waals surface area contributed by atoms with Crippen molar-refractivity contribution in [3.8, 4) is 5.75 Å². The molecular weight excluding hydrogens is 214 g/mol. The first-order chi connectivity index (χ1) is 7.92. The Hall–Kier alpha value is -1.06. The summed E-state index contributed by atoms with van der Waals surface area (Å²) >= 11 is 0. The van der Waals surface area contributed by atoms with Gasteiger partial charge in [-0.2, -0.15) is 0 Å². The van der Waals surface area contributed by atoms with E-state index in [1.807, 2.05) is 52.0 Å². The first-order valence-electron chi connectivity index (χ1n) is 6.10. The Balaban J connectivity index is 2.61. The van der Waals surface area contributed by atoms with Crippen LogP contribution in [0.1, 0.15) is 39.4 Å². The van der Waals surface area contributed by atoms with Gasteiger partial charge in [0.2, 0.25) is 0 Å². The topological polar surface area (TPSA) is 41.5 Å². The van der Waals surface area contributed by atoms with Crippen LogP contribution in [0.25, 0.3) is 0 Å². The van der Waals surface area contributed by atoms with Crippen LogP contribution in [0.5, 0.6) is 5.75 Å². The monoisotopic (exact) mass is 237 g/mol. The highest BCUT2D eigenvalue weighted by atomic mass is 16.5. The number of ether oxygens (including phenoxy) is 1.